The highest BCUT2D eigenvalue weighted by atomic mass is 16.4. The fourth-order valence-electron chi connectivity index (χ4n) is 2.36. The Kier molecular flexibility index (Phi) is 11.6. The van der Waals surface area contributed by atoms with Crippen LogP contribution < -0.4 is 0 Å². The van der Waals surface area contributed by atoms with E-state index in [0.717, 1.165) is 19.3 Å². The molecule has 4 nitrogen and oxygen atoms in total. The van der Waals surface area contributed by atoms with Gasteiger partial charge in [0, 0.05) is 19.0 Å². The molecule has 1 unspecified atom stereocenters. The van der Waals surface area contributed by atoms with Gasteiger partial charge < -0.3 is 10.0 Å². The van der Waals surface area contributed by atoms with Crippen molar-refractivity contribution >= 4 is 11.9 Å². The monoisotopic (exact) mass is 297 g/mol. The van der Waals surface area contributed by atoms with E-state index in [1.165, 1.54) is 12.8 Å². The highest BCUT2D eigenvalue weighted by molar-refractivity contribution is 5.83. The van der Waals surface area contributed by atoms with E-state index < -0.39 is 5.97 Å². The Balaban J connectivity index is 4.27. The van der Waals surface area contributed by atoms with E-state index in [1.807, 2.05) is 13.8 Å². The molecule has 0 aliphatic rings. The lowest BCUT2D eigenvalue weighted by Gasteiger charge is -2.24. The maximum atomic E-state index is 12.3. The van der Waals surface area contributed by atoms with Crippen LogP contribution in [-0.2, 0) is 9.59 Å². The first kappa shape index (κ1) is 19.7. The summed E-state index contributed by atoms with van der Waals surface area (Å²) in [5, 5.41) is 8.98. The quantitative estimate of drug-likeness (QED) is 0.439. The van der Waals surface area contributed by atoms with Crippen molar-refractivity contribution < 1.29 is 14.7 Å². The van der Waals surface area contributed by atoms with E-state index in [0.29, 0.717) is 19.5 Å². The number of carboxylic acids is 1. The molecule has 0 aromatic carbocycles. The minimum Gasteiger partial charge on any atom is -0.481 e. The number of carbonyl (C=O) groups excluding carboxylic acids is 1. The van der Waals surface area contributed by atoms with Crippen LogP contribution in [0.1, 0.15) is 65.7 Å². The predicted molar refractivity (Wildman–Crippen MR) is 86.2 cm³/mol. The number of hydrogen-bond donors (Lipinski definition) is 1. The van der Waals surface area contributed by atoms with E-state index in [1.54, 1.807) is 4.90 Å². The minimum atomic E-state index is -0.890. The highest BCUT2D eigenvalue weighted by Crippen LogP contribution is 2.17. The van der Waals surface area contributed by atoms with Crippen LogP contribution in [0.3, 0.4) is 0 Å². The van der Waals surface area contributed by atoms with Crippen molar-refractivity contribution in [1.82, 2.24) is 4.90 Å². The molecular weight excluding hydrogens is 266 g/mol. The van der Waals surface area contributed by atoms with Gasteiger partial charge in [-0.15, -0.1) is 0 Å². The van der Waals surface area contributed by atoms with Crippen molar-refractivity contribution in [1.29, 1.82) is 0 Å². The van der Waals surface area contributed by atoms with E-state index in [9.17, 15) is 9.59 Å². The van der Waals surface area contributed by atoms with Gasteiger partial charge in [-0.25, -0.2) is 0 Å². The zero-order valence-electron chi connectivity index (χ0n) is 13.8. The number of rotatable bonds is 12. The Morgan fingerprint density at radius 1 is 1.05 bits per heavy atom. The molecule has 0 rings (SSSR count). The molecule has 1 N–H and O–H groups in total. The Morgan fingerprint density at radius 2 is 1.62 bits per heavy atom. The van der Waals surface area contributed by atoms with Gasteiger partial charge in [-0.1, -0.05) is 31.9 Å². The highest BCUT2D eigenvalue weighted by Gasteiger charge is 2.24. The lowest BCUT2D eigenvalue weighted by atomic mass is 9.96. The fraction of sp³-hybridized carbons (Fsp3) is 0.765. The van der Waals surface area contributed by atoms with Crippen molar-refractivity contribution in [2.75, 3.05) is 13.1 Å². The summed E-state index contributed by atoms with van der Waals surface area (Å²) in [5.41, 5.74) is 0. The standard InChI is InChI=1S/C17H31NO3/c1-4-7-8-9-10-11-12-13-15(14-16(19)20)17(21)18(5-2)6-3/h9-10,15H,4-8,11-14H2,1-3H3,(H,19,20)/b10-9+. The van der Waals surface area contributed by atoms with Crippen molar-refractivity contribution in [2.24, 2.45) is 5.92 Å². The predicted octanol–water partition coefficient (Wildman–Crippen LogP) is 3.86. The number of nitrogens with zero attached hydrogens (tertiary/aromatic N) is 1. The molecule has 0 saturated heterocycles. The van der Waals surface area contributed by atoms with Gasteiger partial charge in [0.05, 0.1) is 6.42 Å². The summed E-state index contributed by atoms with van der Waals surface area (Å²) in [7, 11) is 0. The van der Waals surface area contributed by atoms with Crippen molar-refractivity contribution in [2.45, 2.75) is 65.7 Å². The Morgan fingerprint density at radius 3 is 2.10 bits per heavy atom. The molecule has 0 bridgehead atoms. The second kappa shape index (κ2) is 12.4. The van der Waals surface area contributed by atoms with Gasteiger partial charge in [0.15, 0.2) is 0 Å². The minimum absolute atomic E-state index is 0.0163. The first-order chi connectivity index (χ1) is 10.1. The molecule has 0 aliphatic heterocycles. The van der Waals surface area contributed by atoms with Gasteiger partial charge in [-0.2, -0.15) is 0 Å². The van der Waals surface area contributed by atoms with E-state index in [-0.39, 0.29) is 18.2 Å². The molecule has 122 valence electrons. The molecule has 4 heteroatoms. The van der Waals surface area contributed by atoms with Crippen molar-refractivity contribution in [3.63, 3.8) is 0 Å². The van der Waals surface area contributed by atoms with Crippen LogP contribution in [-0.4, -0.2) is 35.0 Å². The number of aliphatic carboxylic acids is 1. The Bertz CT molecular complexity index is 322. The maximum absolute atomic E-state index is 12.3. The first-order valence-electron chi connectivity index (χ1n) is 8.22. The normalized spacial score (nSPS) is 12.5. The van der Waals surface area contributed by atoms with Gasteiger partial charge in [0.25, 0.3) is 0 Å². The summed E-state index contributed by atoms with van der Waals surface area (Å²) in [6, 6.07) is 0. The average Bonchev–Trinajstić information content (AvgIpc) is 2.45. The first-order valence-corrected chi connectivity index (χ1v) is 8.22. The smallest absolute Gasteiger partial charge is 0.304 e. The second-order valence-corrected chi connectivity index (χ2v) is 5.35. The third-order valence-corrected chi connectivity index (χ3v) is 3.66. The molecule has 1 amide bonds. The molecule has 0 heterocycles. The van der Waals surface area contributed by atoms with Gasteiger partial charge in [0.1, 0.15) is 0 Å². The molecule has 0 saturated carbocycles. The van der Waals surface area contributed by atoms with Crippen LogP contribution in [0.2, 0.25) is 0 Å². The number of allylic oxidation sites excluding steroid dienone is 2. The van der Waals surface area contributed by atoms with E-state index in [2.05, 4.69) is 19.1 Å². The average molecular weight is 297 g/mol. The largest absolute Gasteiger partial charge is 0.481 e. The lowest BCUT2D eigenvalue weighted by molar-refractivity contribution is -0.144. The number of hydrogen-bond acceptors (Lipinski definition) is 2. The summed E-state index contributed by atoms with van der Waals surface area (Å²) in [4.78, 5) is 25.0. The molecule has 0 aromatic rings. The van der Waals surface area contributed by atoms with Gasteiger partial charge >= 0.3 is 5.97 Å². The third kappa shape index (κ3) is 9.27. The zero-order valence-corrected chi connectivity index (χ0v) is 13.8. The van der Waals surface area contributed by atoms with Gasteiger partial charge in [-0.3, -0.25) is 9.59 Å². The fourth-order valence-corrected chi connectivity index (χ4v) is 2.36. The van der Waals surface area contributed by atoms with E-state index >= 15 is 0 Å². The van der Waals surface area contributed by atoms with Crippen molar-refractivity contribution in [3.05, 3.63) is 12.2 Å². The number of amides is 1. The van der Waals surface area contributed by atoms with Crippen LogP contribution >= 0.6 is 0 Å². The van der Waals surface area contributed by atoms with Gasteiger partial charge in [0.2, 0.25) is 5.91 Å². The molecule has 0 aromatic heterocycles. The number of carboxylic acid groups (broad SMARTS) is 1. The summed E-state index contributed by atoms with van der Waals surface area (Å²) in [5.74, 6) is -1.29. The van der Waals surface area contributed by atoms with Crippen LogP contribution in [0, 0.1) is 5.92 Å². The Hall–Kier alpha value is -1.32. The molecule has 0 radical (unpaired) electrons. The number of carbonyl (C=O) groups is 2. The summed E-state index contributed by atoms with van der Waals surface area (Å²) >= 11 is 0. The molecule has 0 spiro atoms. The van der Waals surface area contributed by atoms with Gasteiger partial charge in [-0.05, 0) is 39.5 Å². The summed E-state index contributed by atoms with van der Waals surface area (Å²) < 4.78 is 0. The van der Waals surface area contributed by atoms with E-state index in [4.69, 9.17) is 5.11 Å². The Labute approximate surface area is 129 Å². The molecule has 1 atom stereocenters. The SMILES string of the molecule is CCCC/C=C/CCCC(CC(=O)O)C(=O)N(CC)CC. The molecular formula is C17H31NO3. The van der Waals surface area contributed by atoms with Crippen LogP contribution in [0.4, 0.5) is 0 Å². The maximum Gasteiger partial charge on any atom is 0.304 e. The van der Waals surface area contributed by atoms with Crippen molar-refractivity contribution in [3.8, 4) is 0 Å². The summed E-state index contributed by atoms with van der Waals surface area (Å²) in [6.07, 6.45) is 10.2. The topological polar surface area (TPSA) is 57.6 Å². The van der Waals surface area contributed by atoms with Crippen LogP contribution in [0.5, 0.6) is 0 Å². The number of unbranched alkanes of at least 4 members (excludes halogenated alkanes) is 3. The summed E-state index contributed by atoms with van der Waals surface area (Å²) in [6.45, 7) is 7.30. The molecule has 21 heavy (non-hydrogen) atoms. The molecule has 0 aliphatic carbocycles. The lowest BCUT2D eigenvalue weighted by Crippen LogP contribution is -2.36. The molecule has 0 fully saturated rings. The van der Waals surface area contributed by atoms with Crippen LogP contribution in [0.25, 0.3) is 0 Å². The second-order valence-electron chi connectivity index (χ2n) is 5.35. The zero-order chi connectivity index (χ0) is 16.1. The third-order valence-electron chi connectivity index (χ3n) is 3.66. The van der Waals surface area contributed by atoms with Crippen LogP contribution in [0.15, 0.2) is 12.2 Å².